The van der Waals surface area contributed by atoms with E-state index in [2.05, 4.69) is 25.2 Å². The molecule has 4 rings (SSSR count). The molecule has 0 aliphatic heterocycles. The lowest BCUT2D eigenvalue weighted by molar-refractivity contribution is 0.601. The fourth-order valence-corrected chi connectivity index (χ4v) is 3.69. The minimum atomic E-state index is -3.73. The fraction of sp³-hybridized carbons (Fsp3) is 0. The molecule has 0 aliphatic rings. The molecular weight excluding hydrogens is 388 g/mol. The minimum Gasteiger partial charge on any atom is -0.280 e. The summed E-state index contributed by atoms with van der Waals surface area (Å²) in [7, 11) is -3.73. The van der Waals surface area contributed by atoms with Crippen molar-refractivity contribution >= 4 is 27.9 Å². The molecule has 0 saturated heterocycles. The minimum absolute atomic E-state index is 0.145. The maximum absolute atomic E-state index is 12.7. The maximum Gasteiger partial charge on any atom is 0.261 e. The van der Waals surface area contributed by atoms with Gasteiger partial charge in [0.2, 0.25) is 0 Å². The first-order chi connectivity index (χ1) is 14.1. The summed E-state index contributed by atoms with van der Waals surface area (Å²) in [4.78, 5) is 4.13. The molecular formula is C20H16N6O2S. The zero-order valence-corrected chi connectivity index (χ0v) is 15.9. The smallest absolute Gasteiger partial charge is 0.261 e. The van der Waals surface area contributed by atoms with Gasteiger partial charge in [-0.1, -0.05) is 24.3 Å². The number of nitrogens with one attached hydrogen (secondary N) is 1. The zero-order valence-electron chi connectivity index (χ0n) is 15.1. The van der Waals surface area contributed by atoms with Crippen LogP contribution in [0, 0.1) is 0 Å². The molecule has 2 heterocycles. The number of hydrogen-bond donors (Lipinski definition) is 1. The Morgan fingerprint density at radius 1 is 0.897 bits per heavy atom. The number of tetrazole rings is 1. The fourth-order valence-electron chi connectivity index (χ4n) is 2.64. The molecule has 9 heteroatoms. The van der Waals surface area contributed by atoms with Gasteiger partial charge in [0, 0.05) is 18.1 Å². The van der Waals surface area contributed by atoms with Crippen molar-refractivity contribution in [3.05, 3.63) is 90.5 Å². The summed E-state index contributed by atoms with van der Waals surface area (Å²) in [6, 6.07) is 17.2. The Morgan fingerprint density at radius 3 is 2.38 bits per heavy atom. The number of pyridine rings is 1. The molecule has 0 aliphatic carbocycles. The second-order valence-corrected chi connectivity index (χ2v) is 7.78. The predicted octanol–water partition coefficient (Wildman–Crippen LogP) is 3.03. The summed E-state index contributed by atoms with van der Waals surface area (Å²) in [5, 5.41) is 10.9. The summed E-state index contributed by atoms with van der Waals surface area (Å²) in [5.74, 6) is 0. The van der Waals surface area contributed by atoms with Gasteiger partial charge in [-0.2, -0.15) is 0 Å². The van der Waals surface area contributed by atoms with Crippen molar-refractivity contribution in [2.24, 2.45) is 0 Å². The monoisotopic (exact) mass is 404 g/mol. The van der Waals surface area contributed by atoms with Gasteiger partial charge in [0.25, 0.3) is 10.0 Å². The van der Waals surface area contributed by atoms with Crippen molar-refractivity contribution in [3.8, 4) is 5.69 Å². The molecule has 0 unspecified atom stereocenters. The molecule has 1 N–H and O–H groups in total. The Morgan fingerprint density at radius 2 is 1.66 bits per heavy atom. The van der Waals surface area contributed by atoms with Crippen LogP contribution in [0.15, 0.2) is 84.3 Å². The van der Waals surface area contributed by atoms with Gasteiger partial charge in [0.1, 0.15) is 6.33 Å². The van der Waals surface area contributed by atoms with Gasteiger partial charge >= 0.3 is 0 Å². The second-order valence-electron chi connectivity index (χ2n) is 6.09. The van der Waals surface area contributed by atoms with E-state index in [1.165, 1.54) is 23.1 Å². The Hall–Kier alpha value is -3.85. The van der Waals surface area contributed by atoms with E-state index in [1.807, 2.05) is 30.4 Å². The molecule has 0 bridgehead atoms. The average molecular weight is 404 g/mol. The molecule has 0 fully saturated rings. The molecule has 8 nitrogen and oxygen atoms in total. The van der Waals surface area contributed by atoms with Crippen molar-refractivity contribution in [3.63, 3.8) is 0 Å². The van der Waals surface area contributed by atoms with Crippen LogP contribution in [0.2, 0.25) is 0 Å². The topological polar surface area (TPSA) is 103 Å². The molecule has 0 atom stereocenters. The highest BCUT2D eigenvalue weighted by Crippen LogP contribution is 2.19. The van der Waals surface area contributed by atoms with Gasteiger partial charge in [-0.15, -0.1) is 5.10 Å². The average Bonchev–Trinajstić information content (AvgIpc) is 3.28. The Bertz CT molecular complexity index is 1220. The third-order valence-electron chi connectivity index (χ3n) is 4.07. The third kappa shape index (κ3) is 4.53. The van der Waals surface area contributed by atoms with E-state index in [0.29, 0.717) is 11.4 Å². The number of hydrogen-bond acceptors (Lipinski definition) is 6. The predicted molar refractivity (Wildman–Crippen MR) is 110 cm³/mol. The second kappa shape index (κ2) is 8.03. The van der Waals surface area contributed by atoms with E-state index < -0.39 is 10.0 Å². The van der Waals surface area contributed by atoms with Crippen LogP contribution < -0.4 is 4.72 Å². The van der Waals surface area contributed by atoms with Gasteiger partial charge in [-0.05, 0) is 70.1 Å². The molecule has 0 radical (unpaired) electrons. The quantitative estimate of drug-likeness (QED) is 0.530. The van der Waals surface area contributed by atoms with Crippen LogP contribution in [0.25, 0.3) is 17.8 Å². The van der Waals surface area contributed by atoms with Crippen molar-refractivity contribution in [1.29, 1.82) is 0 Å². The van der Waals surface area contributed by atoms with Gasteiger partial charge < -0.3 is 0 Å². The van der Waals surface area contributed by atoms with E-state index in [4.69, 9.17) is 0 Å². The van der Waals surface area contributed by atoms with E-state index in [9.17, 15) is 8.42 Å². The summed E-state index contributed by atoms with van der Waals surface area (Å²) in [5.41, 5.74) is 3.02. The van der Waals surface area contributed by atoms with Gasteiger partial charge in [0.15, 0.2) is 0 Å². The zero-order chi connectivity index (χ0) is 20.1. The van der Waals surface area contributed by atoms with Crippen molar-refractivity contribution in [2.75, 3.05) is 4.72 Å². The van der Waals surface area contributed by atoms with E-state index in [-0.39, 0.29) is 4.90 Å². The number of rotatable bonds is 6. The molecule has 0 spiro atoms. The summed E-state index contributed by atoms with van der Waals surface area (Å²) in [6.45, 7) is 0. The normalized spacial score (nSPS) is 11.6. The first-order valence-corrected chi connectivity index (χ1v) is 10.1. The first-order valence-electron chi connectivity index (χ1n) is 8.65. The van der Waals surface area contributed by atoms with Crippen LogP contribution >= 0.6 is 0 Å². The van der Waals surface area contributed by atoms with Crippen LogP contribution in [0.5, 0.6) is 0 Å². The number of anilines is 1. The van der Waals surface area contributed by atoms with Gasteiger partial charge in [-0.25, -0.2) is 13.1 Å². The summed E-state index contributed by atoms with van der Waals surface area (Å²) in [6.07, 6.45) is 8.72. The maximum atomic E-state index is 12.7. The van der Waals surface area contributed by atoms with Crippen molar-refractivity contribution in [1.82, 2.24) is 25.2 Å². The highest BCUT2D eigenvalue weighted by Gasteiger charge is 2.14. The molecule has 144 valence electrons. The highest BCUT2D eigenvalue weighted by molar-refractivity contribution is 7.92. The highest BCUT2D eigenvalue weighted by atomic mass is 32.2. The van der Waals surface area contributed by atoms with E-state index in [1.54, 1.807) is 42.7 Å². The standard InChI is InChI=1S/C20H16N6O2S/c27-29(28,20-8-6-19(7-9-20)26-15-22-24-25-26)23-18-3-1-2-17(14-18)5-4-16-10-12-21-13-11-16/h1-15,23H/b5-4+. The molecule has 0 amide bonds. The van der Waals surface area contributed by atoms with E-state index >= 15 is 0 Å². The molecule has 2 aromatic carbocycles. The van der Waals surface area contributed by atoms with E-state index in [0.717, 1.165) is 11.1 Å². The molecule has 4 aromatic rings. The van der Waals surface area contributed by atoms with Crippen LogP contribution in [0.3, 0.4) is 0 Å². The van der Waals surface area contributed by atoms with Crippen LogP contribution in [0.1, 0.15) is 11.1 Å². The number of benzene rings is 2. The Kier molecular flexibility index (Phi) is 5.12. The molecule has 0 saturated carbocycles. The largest absolute Gasteiger partial charge is 0.280 e. The Balaban J connectivity index is 1.51. The number of sulfonamides is 1. The third-order valence-corrected chi connectivity index (χ3v) is 5.47. The lowest BCUT2D eigenvalue weighted by atomic mass is 10.1. The number of aromatic nitrogens is 5. The van der Waals surface area contributed by atoms with Crippen molar-refractivity contribution in [2.45, 2.75) is 4.90 Å². The SMILES string of the molecule is O=S(=O)(Nc1cccc(/C=C/c2ccncc2)c1)c1ccc(-n2cnnn2)cc1. The summed E-state index contributed by atoms with van der Waals surface area (Å²) < 4.78 is 29.5. The first kappa shape index (κ1) is 18.5. The summed E-state index contributed by atoms with van der Waals surface area (Å²) >= 11 is 0. The molecule has 2 aromatic heterocycles. The van der Waals surface area contributed by atoms with Gasteiger partial charge in [-0.3, -0.25) is 9.71 Å². The van der Waals surface area contributed by atoms with Crippen LogP contribution in [0.4, 0.5) is 5.69 Å². The number of nitrogens with zero attached hydrogens (tertiary/aromatic N) is 5. The molecule has 29 heavy (non-hydrogen) atoms. The lowest BCUT2D eigenvalue weighted by Gasteiger charge is -2.09. The van der Waals surface area contributed by atoms with Gasteiger partial charge in [0.05, 0.1) is 10.6 Å². The van der Waals surface area contributed by atoms with Crippen LogP contribution in [-0.4, -0.2) is 33.6 Å². The lowest BCUT2D eigenvalue weighted by Crippen LogP contribution is -2.13. The Labute approximate surface area is 167 Å². The van der Waals surface area contributed by atoms with Crippen molar-refractivity contribution < 1.29 is 8.42 Å². The van der Waals surface area contributed by atoms with Crippen LogP contribution in [-0.2, 0) is 10.0 Å².